The molecule has 0 unspecified atom stereocenters. The lowest BCUT2D eigenvalue weighted by molar-refractivity contribution is -0.118. The van der Waals surface area contributed by atoms with Crippen LogP contribution >= 0.6 is 0 Å². The second kappa shape index (κ2) is 10.0. The Morgan fingerprint density at radius 1 is 1.06 bits per heavy atom. The normalized spacial score (nSPS) is 13.5. The average Bonchev–Trinajstić information content (AvgIpc) is 2.79. The standard InChI is InChI=1S/C22H25N7O3/c1-15-7-8-23-22(24-15)32-14-21(30)28-18-5-3-17(4-6-18)27-19-13-20(26-16(2)25-19)29-9-11-31-12-10-29/h3-8,13H,9-12,14H2,1-2H3,(H,28,30)(H,25,26,27). The van der Waals surface area contributed by atoms with E-state index >= 15 is 0 Å². The second-order valence-corrected chi connectivity index (χ2v) is 7.28. The molecule has 0 atom stereocenters. The van der Waals surface area contributed by atoms with E-state index in [2.05, 4.69) is 35.5 Å². The summed E-state index contributed by atoms with van der Waals surface area (Å²) < 4.78 is 10.7. The number of hydrogen-bond donors (Lipinski definition) is 2. The third kappa shape index (κ3) is 5.88. The van der Waals surface area contributed by atoms with Gasteiger partial charge in [-0.1, -0.05) is 0 Å². The second-order valence-electron chi connectivity index (χ2n) is 7.28. The van der Waals surface area contributed by atoms with Crippen LogP contribution in [0.3, 0.4) is 0 Å². The Morgan fingerprint density at radius 2 is 1.81 bits per heavy atom. The molecular formula is C22H25N7O3. The van der Waals surface area contributed by atoms with Gasteiger partial charge in [-0.25, -0.2) is 19.9 Å². The number of aryl methyl sites for hydroxylation is 2. The molecule has 1 aliphatic heterocycles. The van der Waals surface area contributed by atoms with Crippen LogP contribution in [0.25, 0.3) is 0 Å². The number of amides is 1. The van der Waals surface area contributed by atoms with E-state index in [-0.39, 0.29) is 18.5 Å². The van der Waals surface area contributed by atoms with Crippen LogP contribution in [-0.2, 0) is 9.53 Å². The van der Waals surface area contributed by atoms with E-state index < -0.39 is 0 Å². The third-order valence-electron chi connectivity index (χ3n) is 4.71. The summed E-state index contributed by atoms with van der Waals surface area (Å²) in [6.07, 6.45) is 1.59. The van der Waals surface area contributed by atoms with Crippen LogP contribution in [0.5, 0.6) is 6.01 Å². The van der Waals surface area contributed by atoms with Gasteiger partial charge in [-0.3, -0.25) is 4.79 Å². The third-order valence-corrected chi connectivity index (χ3v) is 4.71. The van der Waals surface area contributed by atoms with Gasteiger partial charge in [-0.2, -0.15) is 0 Å². The number of ether oxygens (including phenoxy) is 2. The molecule has 1 fully saturated rings. The highest BCUT2D eigenvalue weighted by atomic mass is 16.5. The molecule has 0 radical (unpaired) electrons. The molecule has 1 amide bonds. The van der Waals surface area contributed by atoms with Crippen molar-refractivity contribution < 1.29 is 14.3 Å². The zero-order chi connectivity index (χ0) is 22.3. The molecule has 0 aliphatic carbocycles. The molecule has 0 bridgehead atoms. The minimum Gasteiger partial charge on any atom is -0.453 e. The number of rotatable bonds is 7. The molecule has 166 valence electrons. The number of hydrogen-bond acceptors (Lipinski definition) is 9. The minimum absolute atomic E-state index is 0.173. The van der Waals surface area contributed by atoms with Gasteiger partial charge in [0.25, 0.3) is 5.91 Å². The van der Waals surface area contributed by atoms with Crippen LogP contribution in [0.15, 0.2) is 42.6 Å². The van der Waals surface area contributed by atoms with Crippen molar-refractivity contribution in [3.8, 4) is 6.01 Å². The van der Waals surface area contributed by atoms with Crippen LogP contribution in [0.2, 0.25) is 0 Å². The summed E-state index contributed by atoms with van der Waals surface area (Å²) in [6.45, 7) is 6.54. The lowest BCUT2D eigenvalue weighted by atomic mass is 10.2. The molecule has 4 rings (SSSR count). The van der Waals surface area contributed by atoms with Crippen molar-refractivity contribution in [1.82, 2.24) is 19.9 Å². The first kappa shape index (κ1) is 21.4. The minimum atomic E-state index is -0.294. The van der Waals surface area contributed by atoms with Crippen molar-refractivity contribution in [3.05, 3.63) is 54.1 Å². The predicted octanol–water partition coefficient (Wildman–Crippen LogP) is 2.48. The summed E-state index contributed by atoms with van der Waals surface area (Å²) in [4.78, 5) is 31.4. The molecule has 2 aromatic heterocycles. The van der Waals surface area contributed by atoms with Gasteiger partial charge in [0.1, 0.15) is 17.5 Å². The molecule has 0 saturated carbocycles. The van der Waals surface area contributed by atoms with E-state index in [9.17, 15) is 4.79 Å². The first-order valence-corrected chi connectivity index (χ1v) is 10.3. The van der Waals surface area contributed by atoms with Crippen LogP contribution in [0.1, 0.15) is 11.5 Å². The van der Waals surface area contributed by atoms with Crippen molar-refractivity contribution in [1.29, 1.82) is 0 Å². The number of nitrogens with one attached hydrogen (secondary N) is 2. The van der Waals surface area contributed by atoms with Gasteiger partial charge in [-0.15, -0.1) is 0 Å². The van der Waals surface area contributed by atoms with Gasteiger partial charge >= 0.3 is 6.01 Å². The number of aromatic nitrogens is 4. The fourth-order valence-electron chi connectivity index (χ4n) is 3.18. The van der Waals surface area contributed by atoms with Crippen LogP contribution in [-0.4, -0.2) is 58.8 Å². The van der Waals surface area contributed by atoms with Gasteiger partial charge < -0.3 is 25.0 Å². The molecule has 10 nitrogen and oxygen atoms in total. The summed E-state index contributed by atoms with van der Waals surface area (Å²) in [5.74, 6) is 1.99. The van der Waals surface area contributed by atoms with E-state index in [4.69, 9.17) is 9.47 Å². The molecule has 0 spiro atoms. The van der Waals surface area contributed by atoms with Gasteiger partial charge in [0.05, 0.1) is 13.2 Å². The summed E-state index contributed by atoms with van der Waals surface area (Å²) >= 11 is 0. The number of carbonyl (C=O) groups excluding carboxylic acids is 1. The van der Waals surface area contributed by atoms with E-state index in [0.717, 1.165) is 30.3 Å². The average molecular weight is 435 g/mol. The van der Waals surface area contributed by atoms with E-state index in [1.807, 2.05) is 32.0 Å². The topological polar surface area (TPSA) is 114 Å². The van der Waals surface area contributed by atoms with Gasteiger partial charge in [0.2, 0.25) is 0 Å². The van der Waals surface area contributed by atoms with Crippen molar-refractivity contribution in [2.75, 3.05) is 48.4 Å². The maximum atomic E-state index is 12.1. The Bertz CT molecular complexity index is 1070. The summed E-state index contributed by atoms with van der Waals surface area (Å²) in [5.41, 5.74) is 2.27. The fourth-order valence-corrected chi connectivity index (χ4v) is 3.18. The van der Waals surface area contributed by atoms with Crippen molar-refractivity contribution >= 4 is 28.9 Å². The summed E-state index contributed by atoms with van der Waals surface area (Å²) in [5, 5.41) is 6.08. The molecular weight excluding hydrogens is 410 g/mol. The fraction of sp³-hybridized carbons (Fsp3) is 0.318. The summed E-state index contributed by atoms with van der Waals surface area (Å²) in [6, 6.07) is 11.2. The summed E-state index contributed by atoms with van der Waals surface area (Å²) in [7, 11) is 0. The van der Waals surface area contributed by atoms with Gasteiger partial charge in [0, 0.05) is 42.4 Å². The zero-order valence-electron chi connectivity index (χ0n) is 18.0. The van der Waals surface area contributed by atoms with Crippen LogP contribution in [0, 0.1) is 13.8 Å². The number of carbonyl (C=O) groups is 1. The van der Waals surface area contributed by atoms with Crippen molar-refractivity contribution in [2.45, 2.75) is 13.8 Å². The first-order chi connectivity index (χ1) is 15.5. The van der Waals surface area contributed by atoms with Crippen molar-refractivity contribution in [3.63, 3.8) is 0 Å². The largest absolute Gasteiger partial charge is 0.453 e. The number of anilines is 4. The highest BCUT2D eigenvalue weighted by Gasteiger charge is 2.14. The van der Waals surface area contributed by atoms with Crippen LogP contribution in [0.4, 0.5) is 23.0 Å². The molecule has 32 heavy (non-hydrogen) atoms. The maximum Gasteiger partial charge on any atom is 0.317 e. The highest BCUT2D eigenvalue weighted by molar-refractivity contribution is 5.92. The molecule has 3 aromatic rings. The Labute approximate surface area is 186 Å². The smallest absolute Gasteiger partial charge is 0.317 e. The van der Waals surface area contributed by atoms with Crippen LogP contribution < -0.4 is 20.3 Å². The maximum absolute atomic E-state index is 12.1. The Hall–Kier alpha value is -3.79. The molecule has 1 saturated heterocycles. The van der Waals surface area contributed by atoms with E-state index in [0.29, 0.717) is 30.5 Å². The number of benzene rings is 1. The lowest BCUT2D eigenvalue weighted by Crippen LogP contribution is -2.36. The van der Waals surface area contributed by atoms with E-state index in [1.165, 1.54) is 0 Å². The lowest BCUT2D eigenvalue weighted by Gasteiger charge is -2.28. The van der Waals surface area contributed by atoms with Crippen molar-refractivity contribution in [2.24, 2.45) is 0 Å². The molecule has 10 heteroatoms. The Kier molecular flexibility index (Phi) is 6.71. The Morgan fingerprint density at radius 3 is 2.56 bits per heavy atom. The molecule has 2 N–H and O–H groups in total. The highest BCUT2D eigenvalue weighted by Crippen LogP contribution is 2.22. The molecule has 3 heterocycles. The molecule has 1 aromatic carbocycles. The zero-order valence-corrected chi connectivity index (χ0v) is 18.0. The van der Waals surface area contributed by atoms with Gasteiger partial charge in [0.15, 0.2) is 6.61 Å². The first-order valence-electron chi connectivity index (χ1n) is 10.3. The molecule has 1 aliphatic rings. The van der Waals surface area contributed by atoms with E-state index in [1.54, 1.807) is 24.4 Å². The number of morpholine rings is 1. The predicted molar refractivity (Wildman–Crippen MR) is 120 cm³/mol. The quantitative estimate of drug-likeness (QED) is 0.577. The monoisotopic (exact) mass is 435 g/mol. The van der Waals surface area contributed by atoms with Gasteiger partial charge in [-0.05, 0) is 44.2 Å². The SMILES string of the molecule is Cc1ccnc(OCC(=O)Nc2ccc(Nc3cc(N4CCOCC4)nc(C)n3)cc2)n1. The Balaban J connectivity index is 1.33. The number of nitrogens with zero attached hydrogens (tertiary/aromatic N) is 5.